The fourth-order valence-electron chi connectivity index (χ4n) is 1.63. The van der Waals surface area contributed by atoms with Gasteiger partial charge >= 0.3 is 0 Å². The lowest BCUT2D eigenvalue weighted by molar-refractivity contribution is -0.00459. The molecular weight excluding hydrogens is 196 g/mol. The summed E-state index contributed by atoms with van der Waals surface area (Å²) in [5.74, 6) is 0.860. The van der Waals surface area contributed by atoms with Crippen LogP contribution in [-0.4, -0.2) is 21.9 Å². The minimum atomic E-state index is -0.633. The van der Waals surface area contributed by atoms with Gasteiger partial charge in [-0.15, -0.1) is 0 Å². The zero-order valence-electron chi connectivity index (χ0n) is 8.85. The van der Waals surface area contributed by atoms with Gasteiger partial charge in [-0.3, -0.25) is 0 Å². The van der Waals surface area contributed by atoms with E-state index >= 15 is 0 Å². The minimum Gasteiger partial charge on any atom is -0.385 e. The van der Waals surface area contributed by atoms with Crippen molar-refractivity contribution in [1.29, 1.82) is 0 Å². The van der Waals surface area contributed by atoms with E-state index in [1.54, 1.807) is 0 Å². The van der Waals surface area contributed by atoms with Crippen LogP contribution in [0.3, 0.4) is 0 Å². The van der Waals surface area contributed by atoms with Gasteiger partial charge in [-0.2, -0.15) is 4.98 Å². The summed E-state index contributed by atoms with van der Waals surface area (Å²) in [6, 6.07) is 0. The Balaban J connectivity index is 2.05. The molecule has 1 aromatic heterocycles. The van der Waals surface area contributed by atoms with Gasteiger partial charge in [0.25, 0.3) is 5.89 Å². The van der Waals surface area contributed by atoms with Crippen LogP contribution in [0.15, 0.2) is 4.52 Å². The van der Waals surface area contributed by atoms with E-state index in [9.17, 15) is 5.11 Å². The van der Waals surface area contributed by atoms with Gasteiger partial charge in [-0.25, -0.2) is 0 Å². The molecule has 1 N–H and O–H groups in total. The van der Waals surface area contributed by atoms with Crippen LogP contribution in [0.2, 0.25) is 0 Å². The van der Waals surface area contributed by atoms with Crippen LogP contribution in [0.5, 0.6) is 0 Å². The second-order valence-corrected chi connectivity index (χ2v) is 3.77. The summed E-state index contributed by atoms with van der Waals surface area (Å²) in [7, 11) is 0. The Morgan fingerprint density at radius 2 is 2.40 bits per heavy atom. The molecule has 0 aliphatic carbocycles. The molecule has 0 spiro atoms. The minimum absolute atomic E-state index is 0.0796. The smallest absolute Gasteiger partial charge is 0.255 e. The number of rotatable bonds is 3. The second kappa shape index (κ2) is 4.72. The summed E-state index contributed by atoms with van der Waals surface area (Å²) in [5.41, 5.74) is 0. The van der Waals surface area contributed by atoms with Crippen molar-refractivity contribution in [3.05, 3.63) is 11.7 Å². The fourth-order valence-corrected chi connectivity index (χ4v) is 1.63. The molecule has 2 heterocycles. The summed E-state index contributed by atoms with van der Waals surface area (Å²) >= 11 is 0. The second-order valence-electron chi connectivity index (χ2n) is 3.77. The molecule has 2 unspecified atom stereocenters. The van der Waals surface area contributed by atoms with E-state index in [1.165, 1.54) is 0 Å². The summed E-state index contributed by atoms with van der Waals surface area (Å²) in [6.45, 7) is 2.62. The van der Waals surface area contributed by atoms with Gasteiger partial charge in [0.1, 0.15) is 12.2 Å². The Bertz CT molecular complexity index is 307. The molecule has 0 bridgehead atoms. The van der Waals surface area contributed by atoms with E-state index in [1.807, 2.05) is 6.92 Å². The number of hydrogen-bond acceptors (Lipinski definition) is 5. The average Bonchev–Trinajstić information content (AvgIpc) is 2.78. The van der Waals surface area contributed by atoms with E-state index in [4.69, 9.17) is 9.26 Å². The highest BCUT2D eigenvalue weighted by atomic mass is 16.5. The van der Waals surface area contributed by atoms with Crippen molar-refractivity contribution in [3.63, 3.8) is 0 Å². The quantitative estimate of drug-likeness (QED) is 0.826. The lowest BCUT2D eigenvalue weighted by Gasteiger charge is -2.18. The first-order valence-electron chi connectivity index (χ1n) is 5.44. The molecule has 15 heavy (non-hydrogen) atoms. The van der Waals surface area contributed by atoms with Gasteiger partial charge in [0.05, 0.1) is 0 Å². The molecule has 84 valence electrons. The molecule has 0 aromatic carbocycles. The molecule has 1 aliphatic heterocycles. The molecule has 1 aromatic rings. The van der Waals surface area contributed by atoms with Gasteiger partial charge in [0.15, 0.2) is 5.82 Å². The number of aliphatic hydroxyl groups excluding tert-OH is 1. The first kappa shape index (κ1) is 10.6. The molecule has 1 aliphatic rings. The number of aromatic nitrogens is 2. The molecule has 1 fully saturated rings. The van der Waals surface area contributed by atoms with Crippen LogP contribution in [0.25, 0.3) is 0 Å². The van der Waals surface area contributed by atoms with Crippen LogP contribution < -0.4 is 0 Å². The normalized spacial score (nSPS) is 24.0. The van der Waals surface area contributed by atoms with Crippen LogP contribution >= 0.6 is 0 Å². The lowest BCUT2D eigenvalue weighted by atomic mass is 10.1. The van der Waals surface area contributed by atoms with Crippen LogP contribution in [0, 0.1) is 0 Å². The third-order valence-electron chi connectivity index (χ3n) is 2.60. The molecular formula is C10H16N2O3. The van der Waals surface area contributed by atoms with Gasteiger partial charge in [-0.05, 0) is 25.7 Å². The van der Waals surface area contributed by atoms with Crippen molar-refractivity contribution in [2.24, 2.45) is 0 Å². The first-order valence-corrected chi connectivity index (χ1v) is 5.44. The maximum absolute atomic E-state index is 9.52. The van der Waals surface area contributed by atoms with E-state index in [-0.39, 0.29) is 6.10 Å². The molecule has 0 radical (unpaired) electrons. The average molecular weight is 212 g/mol. The molecule has 5 nitrogen and oxygen atoms in total. The maximum Gasteiger partial charge on any atom is 0.255 e. The topological polar surface area (TPSA) is 68.4 Å². The van der Waals surface area contributed by atoms with Crippen molar-refractivity contribution in [3.8, 4) is 0 Å². The SMILES string of the molecule is CCC(O)c1noc(C2CCCCO2)n1. The Hall–Kier alpha value is -0.940. The highest BCUT2D eigenvalue weighted by Crippen LogP contribution is 2.27. The molecule has 0 saturated carbocycles. The Kier molecular flexibility index (Phi) is 3.33. The van der Waals surface area contributed by atoms with E-state index in [2.05, 4.69) is 10.1 Å². The van der Waals surface area contributed by atoms with Crippen LogP contribution in [0.1, 0.15) is 56.5 Å². The van der Waals surface area contributed by atoms with Gasteiger partial charge < -0.3 is 14.4 Å². The lowest BCUT2D eigenvalue weighted by Crippen LogP contribution is -2.12. The highest BCUT2D eigenvalue weighted by Gasteiger charge is 2.23. The van der Waals surface area contributed by atoms with Gasteiger partial charge in [0, 0.05) is 6.61 Å². The number of nitrogens with zero attached hydrogens (tertiary/aromatic N) is 2. The third-order valence-corrected chi connectivity index (χ3v) is 2.60. The zero-order valence-corrected chi connectivity index (χ0v) is 8.85. The standard InChI is InChI=1S/C10H16N2O3/c1-2-7(13)9-11-10(15-12-9)8-5-3-4-6-14-8/h7-8,13H,2-6H2,1H3. The van der Waals surface area contributed by atoms with E-state index in [0.29, 0.717) is 18.1 Å². The molecule has 2 rings (SSSR count). The molecule has 5 heteroatoms. The van der Waals surface area contributed by atoms with Crippen molar-refractivity contribution in [1.82, 2.24) is 10.1 Å². The van der Waals surface area contributed by atoms with E-state index < -0.39 is 6.10 Å². The van der Waals surface area contributed by atoms with Crippen LogP contribution in [0.4, 0.5) is 0 Å². The van der Waals surface area contributed by atoms with Crippen molar-refractivity contribution < 1.29 is 14.4 Å². The Labute approximate surface area is 88.4 Å². The number of hydrogen-bond donors (Lipinski definition) is 1. The van der Waals surface area contributed by atoms with Crippen molar-refractivity contribution >= 4 is 0 Å². The summed E-state index contributed by atoms with van der Waals surface area (Å²) in [4.78, 5) is 4.15. The van der Waals surface area contributed by atoms with Crippen LogP contribution in [-0.2, 0) is 4.74 Å². The Morgan fingerprint density at radius 3 is 3.07 bits per heavy atom. The fraction of sp³-hybridized carbons (Fsp3) is 0.800. The van der Waals surface area contributed by atoms with E-state index in [0.717, 1.165) is 25.9 Å². The highest BCUT2D eigenvalue weighted by molar-refractivity contribution is 4.94. The Morgan fingerprint density at radius 1 is 1.53 bits per heavy atom. The maximum atomic E-state index is 9.52. The summed E-state index contributed by atoms with van der Waals surface area (Å²) in [5, 5.41) is 13.3. The van der Waals surface area contributed by atoms with Gasteiger partial charge in [0.2, 0.25) is 0 Å². The summed E-state index contributed by atoms with van der Waals surface area (Å²) < 4.78 is 10.6. The number of ether oxygens (including phenoxy) is 1. The zero-order chi connectivity index (χ0) is 10.7. The predicted octanol–water partition coefficient (Wildman–Crippen LogP) is 1.75. The monoisotopic (exact) mass is 212 g/mol. The third kappa shape index (κ3) is 2.35. The molecule has 1 saturated heterocycles. The largest absolute Gasteiger partial charge is 0.385 e. The summed E-state index contributed by atoms with van der Waals surface area (Å²) in [6.07, 6.45) is 3.01. The van der Waals surface area contributed by atoms with Crippen molar-refractivity contribution in [2.75, 3.05) is 6.61 Å². The molecule has 2 atom stereocenters. The van der Waals surface area contributed by atoms with Gasteiger partial charge in [-0.1, -0.05) is 12.1 Å². The van der Waals surface area contributed by atoms with Crippen molar-refractivity contribution in [2.45, 2.75) is 44.8 Å². The molecule has 0 amide bonds. The number of aliphatic hydroxyl groups is 1. The first-order chi connectivity index (χ1) is 7.31. The predicted molar refractivity (Wildman–Crippen MR) is 52.1 cm³/mol.